The monoisotopic (exact) mass is 428 g/mol. The van der Waals surface area contributed by atoms with Crippen molar-refractivity contribution < 1.29 is 9.47 Å². The fraction of sp³-hybridized carbons (Fsp3) is 0.190. The molecule has 3 aromatic rings. The van der Waals surface area contributed by atoms with Crippen molar-refractivity contribution in [2.75, 3.05) is 20.1 Å². The molecule has 0 amide bonds. The number of aliphatic imine (C=N–C) groups is 1. The Balaban J connectivity index is 1.96. The van der Waals surface area contributed by atoms with Gasteiger partial charge in [0.2, 0.25) is 11.8 Å². The molecule has 0 spiro atoms. The highest BCUT2D eigenvalue weighted by molar-refractivity contribution is 7.99. The molecule has 2 N–H and O–H groups in total. The van der Waals surface area contributed by atoms with Crippen molar-refractivity contribution in [3.8, 4) is 11.8 Å². The van der Waals surface area contributed by atoms with Crippen molar-refractivity contribution in [2.24, 2.45) is 10.7 Å². The van der Waals surface area contributed by atoms with E-state index in [1.54, 1.807) is 32.0 Å². The highest BCUT2D eigenvalue weighted by atomic mass is 35.5. The van der Waals surface area contributed by atoms with Gasteiger partial charge >= 0.3 is 0 Å². The zero-order chi connectivity index (χ0) is 20.6. The zero-order valence-corrected chi connectivity index (χ0v) is 17.7. The Morgan fingerprint density at radius 3 is 2.21 bits per heavy atom. The summed E-state index contributed by atoms with van der Waals surface area (Å²) in [5, 5.41) is -0.150. The fourth-order valence-electron chi connectivity index (χ4n) is 2.58. The van der Waals surface area contributed by atoms with Gasteiger partial charge in [-0.15, -0.1) is 23.4 Å². The van der Waals surface area contributed by atoms with Crippen molar-refractivity contribution in [1.82, 2.24) is 9.97 Å². The van der Waals surface area contributed by atoms with E-state index in [0.717, 1.165) is 16.1 Å². The van der Waals surface area contributed by atoms with Crippen LogP contribution in [0.2, 0.25) is 0 Å². The fourth-order valence-corrected chi connectivity index (χ4v) is 3.71. The van der Waals surface area contributed by atoms with Crippen LogP contribution in [-0.4, -0.2) is 35.9 Å². The second kappa shape index (κ2) is 10.1. The Kier molecular flexibility index (Phi) is 7.32. The molecule has 1 unspecified atom stereocenters. The van der Waals surface area contributed by atoms with E-state index >= 15 is 0 Å². The SMILES string of the molecule is COc1cc(OC)nc(C(Sc2ccc(N=C(N)CCl)cc2)c2ccccc2)n1. The first-order valence-corrected chi connectivity index (χ1v) is 10.2. The summed E-state index contributed by atoms with van der Waals surface area (Å²) in [5.74, 6) is 2.09. The largest absolute Gasteiger partial charge is 0.481 e. The summed E-state index contributed by atoms with van der Waals surface area (Å²) in [4.78, 5) is 14.4. The Labute approximate surface area is 179 Å². The van der Waals surface area contributed by atoms with E-state index in [2.05, 4.69) is 15.0 Å². The van der Waals surface area contributed by atoms with E-state index in [-0.39, 0.29) is 11.1 Å². The highest BCUT2D eigenvalue weighted by Gasteiger charge is 2.21. The molecule has 150 valence electrons. The third-order valence-electron chi connectivity index (χ3n) is 3.95. The summed E-state index contributed by atoms with van der Waals surface area (Å²) in [6.45, 7) is 0. The average molecular weight is 429 g/mol. The lowest BCUT2D eigenvalue weighted by molar-refractivity contribution is 0.368. The van der Waals surface area contributed by atoms with E-state index in [4.69, 9.17) is 26.8 Å². The first-order chi connectivity index (χ1) is 14.1. The number of nitrogens with zero attached hydrogens (tertiary/aromatic N) is 3. The van der Waals surface area contributed by atoms with E-state index in [1.807, 2.05) is 54.6 Å². The lowest BCUT2D eigenvalue weighted by Gasteiger charge is -2.17. The second-order valence-electron chi connectivity index (χ2n) is 5.95. The molecule has 1 heterocycles. The number of alkyl halides is 1. The predicted molar refractivity (Wildman–Crippen MR) is 118 cm³/mol. The minimum absolute atomic E-state index is 0.150. The Morgan fingerprint density at radius 1 is 1.03 bits per heavy atom. The summed E-state index contributed by atoms with van der Waals surface area (Å²) in [6.07, 6.45) is 0. The van der Waals surface area contributed by atoms with Gasteiger partial charge in [0.05, 0.1) is 37.1 Å². The molecule has 1 atom stereocenters. The van der Waals surface area contributed by atoms with Gasteiger partial charge in [0.1, 0.15) is 5.84 Å². The van der Waals surface area contributed by atoms with Gasteiger partial charge in [-0.25, -0.2) is 4.99 Å². The number of rotatable bonds is 8. The minimum Gasteiger partial charge on any atom is -0.481 e. The van der Waals surface area contributed by atoms with E-state index in [9.17, 15) is 0 Å². The molecule has 6 nitrogen and oxygen atoms in total. The molecule has 3 rings (SSSR count). The van der Waals surface area contributed by atoms with Gasteiger partial charge < -0.3 is 15.2 Å². The van der Waals surface area contributed by atoms with Crippen LogP contribution in [0.5, 0.6) is 11.8 Å². The van der Waals surface area contributed by atoms with Crippen LogP contribution in [0.25, 0.3) is 0 Å². The lowest BCUT2D eigenvalue weighted by Crippen LogP contribution is -2.12. The molecule has 0 saturated carbocycles. The predicted octanol–water partition coefficient (Wildman–Crippen LogP) is 4.60. The molecule has 2 aromatic carbocycles. The Bertz CT molecular complexity index is 946. The van der Waals surface area contributed by atoms with Crippen LogP contribution in [0.1, 0.15) is 16.6 Å². The first-order valence-electron chi connectivity index (χ1n) is 8.80. The van der Waals surface area contributed by atoms with Gasteiger partial charge in [-0.3, -0.25) is 0 Å². The van der Waals surface area contributed by atoms with Gasteiger partial charge in [0.25, 0.3) is 0 Å². The second-order valence-corrected chi connectivity index (χ2v) is 7.40. The quantitative estimate of drug-likeness (QED) is 0.244. The maximum atomic E-state index is 5.70. The van der Waals surface area contributed by atoms with Crippen LogP contribution in [0, 0.1) is 0 Å². The number of aromatic nitrogens is 2. The minimum atomic E-state index is -0.150. The molecule has 29 heavy (non-hydrogen) atoms. The van der Waals surface area contributed by atoms with Gasteiger partial charge in [-0.1, -0.05) is 30.3 Å². The molecule has 0 aliphatic heterocycles. The molecule has 0 bridgehead atoms. The van der Waals surface area contributed by atoms with Crippen molar-refractivity contribution in [3.63, 3.8) is 0 Å². The number of ether oxygens (including phenoxy) is 2. The summed E-state index contributed by atoms with van der Waals surface area (Å²) < 4.78 is 10.6. The molecule has 0 aliphatic rings. The molecular formula is C21H21ClN4O2S. The van der Waals surface area contributed by atoms with Crippen LogP contribution < -0.4 is 15.2 Å². The number of methoxy groups -OCH3 is 2. The maximum absolute atomic E-state index is 5.70. The molecule has 8 heteroatoms. The number of amidine groups is 1. The first kappa shape index (κ1) is 21.0. The average Bonchev–Trinajstić information content (AvgIpc) is 2.78. The highest BCUT2D eigenvalue weighted by Crippen LogP contribution is 2.40. The standard InChI is InChI=1S/C21H21ClN4O2S/c1-27-18-12-19(28-2)26-21(25-18)20(14-6-4-3-5-7-14)29-16-10-8-15(9-11-16)24-17(23)13-22/h3-12,20H,13H2,1-2H3,(H2,23,24). The van der Waals surface area contributed by atoms with Crippen LogP contribution in [0.4, 0.5) is 5.69 Å². The van der Waals surface area contributed by atoms with E-state index in [1.165, 1.54) is 0 Å². The summed E-state index contributed by atoms with van der Waals surface area (Å²) in [5.41, 5.74) is 7.53. The van der Waals surface area contributed by atoms with E-state index in [0.29, 0.717) is 23.4 Å². The third-order valence-corrected chi connectivity index (χ3v) is 5.49. The summed E-state index contributed by atoms with van der Waals surface area (Å²) >= 11 is 7.32. The summed E-state index contributed by atoms with van der Waals surface area (Å²) in [6, 6.07) is 19.5. The van der Waals surface area contributed by atoms with Crippen molar-refractivity contribution >= 4 is 34.9 Å². The van der Waals surface area contributed by atoms with E-state index < -0.39 is 0 Å². The smallest absolute Gasteiger partial charge is 0.220 e. The number of halogens is 1. The van der Waals surface area contributed by atoms with Gasteiger partial charge in [0, 0.05) is 4.90 Å². The lowest BCUT2D eigenvalue weighted by atomic mass is 10.1. The summed E-state index contributed by atoms with van der Waals surface area (Å²) in [7, 11) is 3.14. The van der Waals surface area contributed by atoms with Gasteiger partial charge in [0.15, 0.2) is 5.82 Å². The number of hydrogen-bond donors (Lipinski definition) is 1. The third kappa shape index (κ3) is 5.62. The molecule has 0 fully saturated rings. The van der Waals surface area contributed by atoms with Crippen LogP contribution in [-0.2, 0) is 0 Å². The zero-order valence-electron chi connectivity index (χ0n) is 16.1. The normalized spacial score (nSPS) is 12.4. The van der Waals surface area contributed by atoms with Crippen LogP contribution in [0.15, 0.2) is 70.6 Å². The maximum Gasteiger partial charge on any atom is 0.220 e. The molecule has 0 aliphatic carbocycles. The Hall–Kier alpha value is -2.77. The molecule has 1 aromatic heterocycles. The molecule has 0 radical (unpaired) electrons. The van der Waals surface area contributed by atoms with Crippen LogP contribution >= 0.6 is 23.4 Å². The van der Waals surface area contributed by atoms with Crippen molar-refractivity contribution in [3.05, 3.63) is 72.1 Å². The molecule has 0 saturated heterocycles. The van der Waals surface area contributed by atoms with Crippen molar-refractivity contribution in [1.29, 1.82) is 0 Å². The number of hydrogen-bond acceptors (Lipinski definition) is 6. The number of benzene rings is 2. The van der Waals surface area contributed by atoms with Crippen LogP contribution in [0.3, 0.4) is 0 Å². The number of thioether (sulfide) groups is 1. The van der Waals surface area contributed by atoms with Gasteiger partial charge in [-0.05, 0) is 29.8 Å². The Morgan fingerprint density at radius 2 is 1.66 bits per heavy atom. The van der Waals surface area contributed by atoms with Crippen molar-refractivity contribution in [2.45, 2.75) is 10.1 Å². The topological polar surface area (TPSA) is 82.6 Å². The van der Waals surface area contributed by atoms with Gasteiger partial charge in [-0.2, -0.15) is 9.97 Å². The molecular weight excluding hydrogens is 408 g/mol. The number of nitrogens with two attached hydrogens (primary N) is 1.